The summed E-state index contributed by atoms with van der Waals surface area (Å²) in [7, 11) is 0. The number of hydrogen-bond acceptors (Lipinski definition) is 3. The number of hydrogen-bond donors (Lipinski definition) is 1. The molecule has 3 nitrogen and oxygen atoms in total. The van der Waals surface area contributed by atoms with Gasteiger partial charge in [0.1, 0.15) is 0 Å². The number of ether oxygens (including phenoxy) is 2. The SMILES string of the molecule is CC1CC(C(N)c2ccc3c(c2)COC3)CO1. The van der Waals surface area contributed by atoms with Crippen molar-refractivity contribution in [3.05, 3.63) is 34.9 Å². The monoisotopic (exact) mass is 233 g/mol. The van der Waals surface area contributed by atoms with Crippen LogP contribution in [0, 0.1) is 5.92 Å². The average molecular weight is 233 g/mol. The fraction of sp³-hybridized carbons (Fsp3) is 0.571. The Labute approximate surface area is 102 Å². The van der Waals surface area contributed by atoms with Crippen LogP contribution in [0.1, 0.15) is 36.1 Å². The summed E-state index contributed by atoms with van der Waals surface area (Å²) in [6.45, 7) is 4.38. The molecule has 0 radical (unpaired) electrons. The lowest BCUT2D eigenvalue weighted by Crippen LogP contribution is -2.22. The van der Waals surface area contributed by atoms with Gasteiger partial charge in [0.05, 0.1) is 25.9 Å². The summed E-state index contributed by atoms with van der Waals surface area (Å²) in [6.07, 6.45) is 1.41. The molecule has 0 amide bonds. The molecule has 17 heavy (non-hydrogen) atoms. The van der Waals surface area contributed by atoms with Crippen molar-refractivity contribution in [2.24, 2.45) is 11.7 Å². The Morgan fingerprint density at radius 1 is 1.29 bits per heavy atom. The van der Waals surface area contributed by atoms with E-state index in [1.165, 1.54) is 16.7 Å². The van der Waals surface area contributed by atoms with Gasteiger partial charge in [0.25, 0.3) is 0 Å². The maximum atomic E-state index is 6.34. The Kier molecular flexibility index (Phi) is 2.90. The van der Waals surface area contributed by atoms with Crippen LogP contribution in [0.5, 0.6) is 0 Å². The highest BCUT2D eigenvalue weighted by atomic mass is 16.5. The molecule has 1 saturated heterocycles. The van der Waals surface area contributed by atoms with Crippen molar-refractivity contribution in [1.82, 2.24) is 0 Å². The molecule has 1 aromatic rings. The largest absolute Gasteiger partial charge is 0.378 e. The number of benzene rings is 1. The molecular weight excluding hydrogens is 214 g/mol. The molecule has 1 aromatic carbocycles. The van der Waals surface area contributed by atoms with Crippen LogP contribution in [0.3, 0.4) is 0 Å². The van der Waals surface area contributed by atoms with E-state index >= 15 is 0 Å². The van der Waals surface area contributed by atoms with Gasteiger partial charge in [-0.2, -0.15) is 0 Å². The van der Waals surface area contributed by atoms with Crippen LogP contribution in [-0.4, -0.2) is 12.7 Å². The number of fused-ring (bicyclic) bond motifs is 1. The van der Waals surface area contributed by atoms with E-state index in [1.807, 2.05) is 0 Å². The van der Waals surface area contributed by atoms with Gasteiger partial charge >= 0.3 is 0 Å². The van der Waals surface area contributed by atoms with Crippen molar-refractivity contribution in [1.29, 1.82) is 0 Å². The van der Waals surface area contributed by atoms with Crippen LogP contribution in [0.4, 0.5) is 0 Å². The Morgan fingerprint density at radius 3 is 2.88 bits per heavy atom. The Balaban J connectivity index is 1.79. The number of rotatable bonds is 2. The quantitative estimate of drug-likeness (QED) is 0.851. The van der Waals surface area contributed by atoms with Crippen molar-refractivity contribution >= 4 is 0 Å². The molecule has 2 aliphatic rings. The first-order valence-electron chi connectivity index (χ1n) is 6.30. The van der Waals surface area contributed by atoms with Crippen LogP contribution >= 0.6 is 0 Å². The van der Waals surface area contributed by atoms with Gasteiger partial charge in [-0.1, -0.05) is 18.2 Å². The van der Waals surface area contributed by atoms with Crippen molar-refractivity contribution in [3.8, 4) is 0 Å². The van der Waals surface area contributed by atoms with Crippen molar-refractivity contribution < 1.29 is 9.47 Å². The van der Waals surface area contributed by atoms with Gasteiger partial charge in [-0.15, -0.1) is 0 Å². The minimum Gasteiger partial charge on any atom is -0.378 e. The van der Waals surface area contributed by atoms with Gasteiger partial charge in [0.15, 0.2) is 0 Å². The van der Waals surface area contributed by atoms with E-state index in [0.717, 1.165) is 26.2 Å². The smallest absolute Gasteiger partial charge is 0.0725 e. The van der Waals surface area contributed by atoms with Gasteiger partial charge in [0, 0.05) is 12.0 Å². The van der Waals surface area contributed by atoms with Gasteiger partial charge in [-0.05, 0) is 30.0 Å². The van der Waals surface area contributed by atoms with Crippen molar-refractivity contribution in [3.63, 3.8) is 0 Å². The van der Waals surface area contributed by atoms with Crippen LogP contribution in [-0.2, 0) is 22.7 Å². The molecule has 0 saturated carbocycles. The maximum absolute atomic E-state index is 6.34. The zero-order chi connectivity index (χ0) is 11.8. The molecule has 0 aromatic heterocycles. The Bertz CT molecular complexity index is 419. The Hall–Kier alpha value is -0.900. The molecule has 3 atom stereocenters. The van der Waals surface area contributed by atoms with E-state index in [4.69, 9.17) is 15.2 Å². The summed E-state index contributed by atoms with van der Waals surface area (Å²) in [5, 5.41) is 0. The van der Waals surface area contributed by atoms with E-state index in [1.54, 1.807) is 0 Å². The lowest BCUT2D eigenvalue weighted by molar-refractivity contribution is 0.118. The molecule has 3 unspecified atom stereocenters. The predicted molar refractivity (Wildman–Crippen MR) is 65.4 cm³/mol. The molecule has 0 spiro atoms. The fourth-order valence-corrected chi connectivity index (χ4v) is 2.77. The normalized spacial score (nSPS) is 29.3. The minimum absolute atomic E-state index is 0.0887. The summed E-state index contributed by atoms with van der Waals surface area (Å²) in [6, 6.07) is 6.58. The highest BCUT2D eigenvalue weighted by Gasteiger charge is 2.28. The highest BCUT2D eigenvalue weighted by Crippen LogP contribution is 2.31. The number of nitrogens with two attached hydrogens (primary N) is 1. The molecule has 3 rings (SSSR count). The topological polar surface area (TPSA) is 44.5 Å². The van der Waals surface area contributed by atoms with E-state index < -0.39 is 0 Å². The summed E-state index contributed by atoms with van der Waals surface area (Å²) in [5.74, 6) is 0.449. The molecule has 2 N–H and O–H groups in total. The lowest BCUT2D eigenvalue weighted by Gasteiger charge is -2.18. The van der Waals surface area contributed by atoms with Crippen molar-refractivity contribution in [2.45, 2.75) is 38.7 Å². The van der Waals surface area contributed by atoms with Crippen LogP contribution < -0.4 is 5.73 Å². The second kappa shape index (κ2) is 4.41. The fourth-order valence-electron chi connectivity index (χ4n) is 2.77. The third kappa shape index (κ3) is 2.10. The minimum atomic E-state index is 0.0887. The molecule has 3 heteroatoms. The first kappa shape index (κ1) is 11.2. The van der Waals surface area contributed by atoms with E-state index in [0.29, 0.717) is 12.0 Å². The molecular formula is C14H19NO2. The van der Waals surface area contributed by atoms with Crippen molar-refractivity contribution in [2.75, 3.05) is 6.61 Å². The van der Waals surface area contributed by atoms with E-state index in [2.05, 4.69) is 25.1 Å². The van der Waals surface area contributed by atoms with Gasteiger partial charge in [-0.3, -0.25) is 0 Å². The molecule has 2 aliphatic heterocycles. The first-order valence-corrected chi connectivity index (χ1v) is 6.30. The summed E-state index contributed by atoms with van der Waals surface area (Å²) < 4.78 is 11.0. The van der Waals surface area contributed by atoms with Gasteiger partial charge in [-0.25, -0.2) is 0 Å². The summed E-state index contributed by atoms with van der Waals surface area (Å²) in [5.41, 5.74) is 10.2. The predicted octanol–water partition coefficient (Wildman–Crippen LogP) is 2.14. The van der Waals surface area contributed by atoms with Crippen LogP contribution in [0.2, 0.25) is 0 Å². The summed E-state index contributed by atoms with van der Waals surface area (Å²) >= 11 is 0. The average Bonchev–Trinajstić information content (AvgIpc) is 2.95. The van der Waals surface area contributed by atoms with E-state index in [-0.39, 0.29) is 6.04 Å². The third-order valence-corrected chi connectivity index (χ3v) is 3.87. The maximum Gasteiger partial charge on any atom is 0.0725 e. The standard InChI is InChI=1S/C14H19NO2/c1-9-4-13(8-17-9)14(15)10-2-3-11-6-16-7-12(11)5-10/h2-3,5,9,13-14H,4,6-8,15H2,1H3. The van der Waals surface area contributed by atoms with Crippen LogP contribution in [0.25, 0.3) is 0 Å². The van der Waals surface area contributed by atoms with Gasteiger partial charge in [0.2, 0.25) is 0 Å². The second-order valence-electron chi connectivity index (χ2n) is 5.19. The van der Waals surface area contributed by atoms with Gasteiger partial charge < -0.3 is 15.2 Å². The molecule has 92 valence electrons. The molecule has 0 aliphatic carbocycles. The van der Waals surface area contributed by atoms with Crippen LogP contribution in [0.15, 0.2) is 18.2 Å². The lowest BCUT2D eigenvalue weighted by atomic mass is 9.90. The summed E-state index contributed by atoms with van der Waals surface area (Å²) in [4.78, 5) is 0. The Morgan fingerprint density at radius 2 is 2.12 bits per heavy atom. The molecule has 0 bridgehead atoms. The molecule has 2 heterocycles. The third-order valence-electron chi connectivity index (χ3n) is 3.87. The zero-order valence-corrected chi connectivity index (χ0v) is 10.2. The first-order chi connectivity index (χ1) is 8.24. The highest BCUT2D eigenvalue weighted by molar-refractivity contribution is 5.34. The van der Waals surface area contributed by atoms with E-state index in [9.17, 15) is 0 Å². The zero-order valence-electron chi connectivity index (χ0n) is 10.2. The molecule has 1 fully saturated rings. The second-order valence-corrected chi connectivity index (χ2v) is 5.19.